The van der Waals surface area contributed by atoms with Crippen LogP contribution in [-0.2, 0) is 6.18 Å². The van der Waals surface area contributed by atoms with Crippen molar-refractivity contribution in [2.45, 2.75) is 19.2 Å². The summed E-state index contributed by atoms with van der Waals surface area (Å²) < 4.78 is 66.6. The summed E-state index contributed by atoms with van der Waals surface area (Å²) in [7, 11) is 0. The molecular formula is C11H8BrF5O2. The Morgan fingerprint density at radius 3 is 2.42 bits per heavy atom. The zero-order valence-electron chi connectivity index (χ0n) is 9.31. The quantitative estimate of drug-likeness (QED) is 0.452. The first-order valence-corrected chi connectivity index (χ1v) is 6.13. The van der Waals surface area contributed by atoms with Crippen LogP contribution in [0.2, 0.25) is 0 Å². The molecule has 0 aromatic heterocycles. The number of hydrogen-bond acceptors (Lipinski definition) is 2. The molecule has 0 radical (unpaired) electrons. The first kappa shape index (κ1) is 15.9. The van der Waals surface area contributed by atoms with E-state index in [1.54, 1.807) is 0 Å². The van der Waals surface area contributed by atoms with Crippen LogP contribution >= 0.6 is 15.9 Å². The predicted molar refractivity (Wildman–Crippen MR) is 60.8 cm³/mol. The maximum Gasteiger partial charge on any atom is 0.420 e. The standard InChI is InChI=1S/C11H8BrF5O2/c12-5-4-7(18)6-2-1-3-8(19-10(13)14)9(6)11(15,16)17/h1-3,10H,4-5H2. The van der Waals surface area contributed by atoms with Gasteiger partial charge in [-0.15, -0.1) is 0 Å². The Hall–Kier alpha value is -1.18. The van der Waals surface area contributed by atoms with Crippen molar-refractivity contribution in [3.63, 3.8) is 0 Å². The third-order valence-corrected chi connectivity index (χ3v) is 2.54. The van der Waals surface area contributed by atoms with Crippen LogP contribution in [0.3, 0.4) is 0 Å². The zero-order chi connectivity index (χ0) is 14.6. The Balaban J connectivity index is 3.34. The summed E-state index contributed by atoms with van der Waals surface area (Å²) in [5, 5.41) is 0.170. The van der Waals surface area contributed by atoms with Crippen molar-refractivity contribution in [2.75, 3.05) is 5.33 Å². The molecule has 0 aliphatic carbocycles. The van der Waals surface area contributed by atoms with Gasteiger partial charge in [-0.25, -0.2) is 0 Å². The molecule has 0 heterocycles. The van der Waals surface area contributed by atoms with E-state index in [1.165, 1.54) is 0 Å². The second-order valence-corrected chi connectivity index (χ2v) is 4.21. The monoisotopic (exact) mass is 346 g/mol. The van der Waals surface area contributed by atoms with Gasteiger partial charge in [0, 0.05) is 17.3 Å². The van der Waals surface area contributed by atoms with Gasteiger partial charge < -0.3 is 4.74 Å². The molecule has 0 aliphatic heterocycles. The fourth-order valence-corrected chi connectivity index (χ4v) is 1.83. The van der Waals surface area contributed by atoms with E-state index < -0.39 is 35.4 Å². The summed E-state index contributed by atoms with van der Waals surface area (Å²) in [6, 6.07) is 2.75. The molecule has 0 fully saturated rings. The van der Waals surface area contributed by atoms with E-state index in [1.807, 2.05) is 0 Å². The first-order valence-electron chi connectivity index (χ1n) is 5.01. The number of rotatable bonds is 5. The van der Waals surface area contributed by atoms with E-state index in [0.717, 1.165) is 18.2 Å². The summed E-state index contributed by atoms with van der Waals surface area (Å²) in [4.78, 5) is 11.6. The number of hydrogen-bond donors (Lipinski definition) is 0. The fourth-order valence-electron chi connectivity index (χ4n) is 1.47. The van der Waals surface area contributed by atoms with E-state index >= 15 is 0 Å². The van der Waals surface area contributed by atoms with Gasteiger partial charge in [-0.2, -0.15) is 22.0 Å². The highest BCUT2D eigenvalue weighted by molar-refractivity contribution is 9.09. The number of carbonyl (C=O) groups excluding carboxylic acids is 1. The highest BCUT2D eigenvalue weighted by atomic mass is 79.9. The molecule has 1 aromatic carbocycles. The van der Waals surface area contributed by atoms with Gasteiger partial charge in [0.15, 0.2) is 5.78 Å². The van der Waals surface area contributed by atoms with Crippen molar-refractivity contribution in [3.8, 4) is 5.75 Å². The number of benzene rings is 1. The van der Waals surface area contributed by atoms with Crippen molar-refractivity contribution < 1.29 is 31.5 Å². The minimum atomic E-state index is -4.96. The molecule has 1 aromatic rings. The number of halogens is 6. The maximum atomic E-state index is 12.9. The molecule has 0 atom stereocenters. The molecule has 2 nitrogen and oxygen atoms in total. The zero-order valence-corrected chi connectivity index (χ0v) is 10.9. The van der Waals surface area contributed by atoms with E-state index in [-0.39, 0.29) is 11.8 Å². The summed E-state index contributed by atoms with van der Waals surface area (Å²) in [6.07, 6.45) is -5.13. The van der Waals surface area contributed by atoms with Crippen LogP contribution in [0.5, 0.6) is 5.75 Å². The lowest BCUT2D eigenvalue weighted by Gasteiger charge is -2.16. The molecule has 1 rings (SSSR count). The molecule has 0 saturated heterocycles. The smallest absolute Gasteiger partial charge is 0.420 e. The summed E-state index contributed by atoms with van der Waals surface area (Å²) in [5.41, 5.74) is -2.15. The highest BCUT2D eigenvalue weighted by Crippen LogP contribution is 2.39. The van der Waals surface area contributed by atoms with Crippen LogP contribution < -0.4 is 4.74 Å². The average Bonchev–Trinajstić information content (AvgIpc) is 2.26. The van der Waals surface area contributed by atoms with Crippen molar-refractivity contribution >= 4 is 21.7 Å². The van der Waals surface area contributed by atoms with Crippen LogP contribution in [-0.4, -0.2) is 17.7 Å². The molecule has 0 N–H and O–H groups in total. The Labute approximate surface area is 113 Å². The summed E-state index contributed by atoms with van der Waals surface area (Å²) in [6.45, 7) is -3.40. The van der Waals surface area contributed by atoms with Gasteiger partial charge in [0.25, 0.3) is 0 Å². The van der Waals surface area contributed by atoms with Crippen molar-refractivity contribution in [3.05, 3.63) is 29.3 Å². The second kappa shape index (κ2) is 6.31. The summed E-state index contributed by atoms with van der Waals surface area (Å²) >= 11 is 2.93. The molecule has 0 saturated carbocycles. The van der Waals surface area contributed by atoms with Gasteiger partial charge in [-0.1, -0.05) is 28.1 Å². The fraction of sp³-hybridized carbons (Fsp3) is 0.364. The molecule has 0 unspecified atom stereocenters. The molecular weight excluding hydrogens is 339 g/mol. The third kappa shape index (κ3) is 4.15. The largest absolute Gasteiger partial charge is 0.434 e. The summed E-state index contributed by atoms with van der Waals surface area (Å²) in [5.74, 6) is -1.85. The van der Waals surface area contributed by atoms with Crippen LogP contribution in [0, 0.1) is 0 Å². The molecule has 19 heavy (non-hydrogen) atoms. The van der Waals surface area contributed by atoms with Crippen molar-refractivity contribution in [2.24, 2.45) is 0 Å². The average molecular weight is 347 g/mol. The lowest BCUT2D eigenvalue weighted by molar-refractivity contribution is -0.142. The Morgan fingerprint density at radius 2 is 1.95 bits per heavy atom. The van der Waals surface area contributed by atoms with Crippen LogP contribution in [0.4, 0.5) is 22.0 Å². The van der Waals surface area contributed by atoms with Gasteiger partial charge in [-0.3, -0.25) is 4.79 Å². The minimum absolute atomic E-state index is 0.170. The Bertz CT molecular complexity index is 459. The number of carbonyl (C=O) groups is 1. The number of ether oxygens (including phenoxy) is 1. The highest BCUT2D eigenvalue weighted by Gasteiger charge is 2.39. The van der Waals surface area contributed by atoms with Gasteiger partial charge >= 0.3 is 12.8 Å². The van der Waals surface area contributed by atoms with E-state index in [0.29, 0.717) is 0 Å². The molecule has 0 bridgehead atoms. The Morgan fingerprint density at radius 1 is 1.32 bits per heavy atom. The van der Waals surface area contributed by atoms with Gasteiger partial charge in [-0.05, 0) is 6.07 Å². The molecule has 0 amide bonds. The molecule has 0 aliphatic rings. The van der Waals surface area contributed by atoms with E-state index in [4.69, 9.17) is 0 Å². The lowest BCUT2D eigenvalue weighted by Crippen LogP contribution is -2.17. The van der Waals surface area contributed by atoms with E-state index in [2.05, 4.69) is 20.7 Å². The lowest BCUT2D eigenvalue weighted by atomic mass is 10.0. The second-order valence-electron chi connectivity index (χ2n) is 3.42. The van der Waals surface area contributed by atoms with Crippen molar-refractivity contribution in [1.29, 1.82) is 0 Å². The van der Waals surface area contributed by atoms with Crippen LogP contribution in [0.25, 0.3) is 0 Å². The number of ketones is 1. The molecule has 106 valence electrons. The normalized spacial score (nSPS) is 11.7. The molecule has 8 heteroatoms. The van der Waals surface area contributed by atoms with Crippen molar-refractivity contribution in [1.82, 2.24) is 0 Å². The predicted octanol–water partition coefficient (Wildman–Crippen LogP) is 4.27. The van der Waals surface area contributed by atoms with Gasteiger partial charge in [0.2, 0.25) is 0 Å². The van der Waals surface area contributed by atoms with Gasteiger partial charge in [0.1, 0.15) is 11.3 Å². The number of Topliss-reactive ketones (excluding diaryl/α,β-unsaturated/α-hetero) is 1. The van der Waals surface area contributed by atoms with Crippen LogP contribution in [0.1, 0.15) is 22.3 Å². The number of alkyl halides is 6. The minimum Gasteiger partial charge on any atom is -0.434 e. The topological polar surface area (TPSA) is 26.3 Å². The SMILES string of the molecule is O=C(CCBr)c1cccc(OC(F)F)c1C(F)(F)F. The Kier molecular flexibility index (Phi) is 5.28. The van der Waals surface area contributed by atoms with E-state index in [9.17, 15) is 26.7 Å². The maximum absolute atomic E-state index is 12.9. The third-order valence-electron chi connectivity index (χ3n) is 2.15. The van der Waals surface area contributed by atoms with Crippen LogP contribution in [0.15, 0.2) is 18.2 Å². The first-order chi connectivity index (χ1) is 8.77. The molecule has 0 spiro atoms. The van der Waals surface area contributed by atoms with Gasteiger partial charge in [0.05, 0.1) is 0 Å².